The second-order valence-corrected chi connectivity index (χ2v) is 4.70. The van der Waals surface area contributed by atoms with E-state index in [1.165, 1.54) is 12.1 Å². The third-order valence-electron chi connectivity index (χ3n) is 3.06. The van der Waals surface area contributed by atoms with Crippen molar-refractivity contribution in [3.8, 4) is 0 Å². The number of aliphatic hydroxyl groups is 1. The fourth-order valence-corrected chi connectivity index (χ4v) is 2.25. The van der Waals surface area contributed by atoms with Gasteiger partial charge in [0.1, 0.15) is 11.6 Å². The Labute approximate surface area is 115 Å². The van der Waals surface area contributed by atoms with Crippen molar-refractivity contribution in [1.82, 2.24) is 0 Å². The fourth-order valence-electron chi connectivity index (χ4n) is 2.05. The minimum absolute atomic E-state index is 0.0253. The van der Waals surface area contributed by atoms with E-state index in [4.69, 9.17) is 11.6 Å². The predicted octanol–water partition coefficient (Wildman–Crippen LogP) is 3.94. The maximum absolute atomic E-state index is 13.7. The van der Waals surface area contributed by atoms with Crippen LogP contribution in [0.25, 0.3) is 0 Å². The van der Waals surface area contributed by atoms with Gasteiger partial charge in [-0.05, 0) is 29.7 Å². The topological polar surface area (TPSA) is 20.2 Å². The molecule has 2 aromatic carbocycles. The first-order chi connectivity index (χ1) is 9.13. The van der Waals surface area contributed by atoms with E-state index < -0.39 is 11.7 Å². The summed E-state index contributed by atoms with van der Waals surface area (Å²) in [4.78, 5) is 0. The Bertz CT molecular complexity index is 572. The molecule has 1 N–H and O–H groups in total. The van der Waals surface area contributed by atoms with Gasteiger partial charge in [0.15, 0.2) is 0 Å². The van der Waals surface area contributed by atoms with Crippen LogP contribution < -0.4 is 0 Å². The molecule has 0 spiro atoms. The van der Waals surface area contributed by atoms with Crippen LogP contribution in [-0.4, -0.2) is 11.7 Å². The summed E-state index contributed by atoms with van der Waals surface area (Å²) in [5.74, 6) is -1.33. The van der Waals surface area contributed by atoms with E-state index in [1.54, 1.807) is 30.3 Å². The molecule has 0 amide bonds. The minimum atomic E-state index is -0.510. The molecule has 100 valence electrons. The van der Waals surface area contributed by atoms with E-state index in [2.05, 4.69) is 0 Å². The zero-order valence-corrected chi connectivity index (χ0v) is 10.9. The predicted molar refractivity (Wildman–Crippen MR) is 71.3 cm³/mol. The summed E-state index contributed by atoms with van der Waals surface area (Å²) in [6.45, 7) is -0.228. The number of rotatable bonds is 4. The molecule has 1 nitrogen and oxygen atoms in total. The molecule has 2 aromatic rings. The summed E-state index contributed by atoms with van der Waals surface area (Å²) < 4.78 is 27.0. The molecule has 0 aliphatic heterocycles. The van der Waals surface area contributed by atoms with Gasteiger partial charge in [-0.25, -0.2) is 8.78 Å². The molecule has 0 aliphatic carbocycles. The molecule has 0 radical (unpaired) electrons. The smallest absolute Gasteiger partial charge is 0.142 e. The van der Waals surface area contributed by atoms with Gasteiger partial charge in [0.05, 0.1) is 11.6 Å². The highest BCUT2D eigenvalue weighted by Crippen LogP contribution is 2.27. The largest absolute Gasteiger partial charge is 0.396 e. The highest BCUT2D eigenvalue weighted by atomic mass is 35.5. The first-order valence-corrected chi connectivity index (χ1v) is 6.29. The minimum Gasteiger partial charge on any atom is -0.396 e. The molecule has 0 heterocycles. The van der Waals surface area contributed by atoms with E-state index in [9.17, 15) is 13.9 Å². The van der Waals surface area contributed by atoms with E-state index in [-0.39, 0.29) is 23.9 Å². The molecular weight excluding hydrogens is 270 g/mol. The highest BCUT2D eigenvalue weighted by molar-refractivity contribution is 6.31. The van der Waals surface area contributed by atoms with Gasteiger partial charge in [0.2, 0.25) is 0 Å². The van der Waals surface area contributed by atoms with Crippen LogP contribution in [0.1, 0.15) is 17.0 Å². The van der Waals surface area contributed by atoms with Crippen LogP contribution in [0.3, 0.4) is 0 Å². The summed E-state index contributed by atoms with van der Waals surface area (Å²) in [6.07, 6.45) is 0.286. The van der Waals surface area contributed by atoms with Crippen LogP contribution in [0.15, 0.2) is 42.5 Å². The van der Waals surface area contributed by atoms with Crippen molar-refractivity contribution in [1.29, 1.82) is 0 Å². The first kappa shape index (κ1) is 14.0. The average Bonchev–Trinajstić information content (AvgIpc) is 2.41. The van der Waals surface area contributed by atoms with Gasteiger partial charge >= 0.3 is 0 Å². The zero-order valence-electron chi connectivity index (χ0n) is 10.1. The quantitative estimate of drug-likeness (QED) is 0.901. The first-order valence-electron chi connectivity index (χ1n) is 5.91. The van der Waals surface area contributed by atoms with Crippen molar-refractivity contribution < 1.29 is 13.9 Å². The Morgan fingerprint density at radius 1 is 1.00 bits per heavy atom. The lowest BCUT2D eigenvalue weighted by Crippen LogP contribution is -2.10. The van der Waals surface area contributed by atoms with Gasteiger partial charge in [0.25, 0.3) is 0 Å². The Balaban J connectivity index is 2.30. The number of hydrogen-bond acceptors (Lipinski definition) is 1. The summed E-state index contributed by atoms with van der Waals surface area (Å²) in [5.41, 5.74) is 0.967. The molecule has 0 saturated heterocycles. The van der Waals surface area contributed by atoms with E-state index in [1.807, 2.05) is 0 Å². The van der Waals surface area contributed by atoms with Crippen molar-refractivity contribution in [2.45, 2.75) is 12.3 Å². The van der Waals surface area contributed by atoms with Crippen molar-refractivity contribution in [3.05, 3.63) is 70.2 Å². The van der Waals surface area contributed by atoms with E-state index in [0.717, 1.165) is 0 Å². The van der Waals surface area contributed by atoms with Gasteiger partial charge in [-0.2, -0.15) is 0 Å². The second kappa shape index (κ2) is 6.13. The molecule has 4 heteroatoms. The molecule has 0 bridgehead atoms. The fraction of sp³-hybridized carbons (Fsp3) is 0.200. The molecule has 0 saturated carbocycles. The standard InChI is InChI=1S/C15H13ClF2O/c16-15-10(4-3-7-14(15)18)8-11(9-19)12-5-1-2-6-13(12)17/h1-7,11,19H,8-9H2. The zero-order chi connectivity index (χ0) is 13.8. The van der Waals surface area contributed by atoms with Gasteiger partial charge in [-0.1, -0.05) is 41.9 Å². The van der Waals surface area contributed by atoms with Crippen molar-refractivity contribution in [2.75, 3.05) is 6.61 Å². The Morgan fingerprint density at radius 2 is 1.68 bits per heavy atom. The highest BCUT2D eigenvalue weighted by Gasteiger charge is 2.17. The summed E-state index contributed by atoms with van der Waals surface area (Å²) in [7, 11) is 0. The number of benzene rings is 2. The maximum atomic E-state index is 13.7. The van der Waals surface area contributed by atoms with Gasteiger partial charge in [-0.3, -0.25) is 0 Å². The molecule has 19 heavy (non-hydrogen) atoms. The third kappa shape index (κ3) is 3.11. The van der Waals surface area contributed by atoms with Crippen LogP contribution in [0, 0.1) is 11.6 Å². The van der Waals surface area contributed by atoms with Crippen LogP contribution in [0.4, 0.5) is 8.78 Å². The average molecular weight is 283 g/mol. The number of hydrogen-bond donors (Lipinski definition) is 1. The lowest BCUT2D eigenvalue weighted by atomic mass is 9.92. The summed E-state index contributed by atoms with van der Waals surface area (Å²) in [6, 6.07) is 10.7. The van der Waals surface area contributed by atoms with Gasteiger partial charge < -0.3 is 5.11 Å². The van der Waals surface area contributed by atoms with Gasteiger partial charge in [0, 0.05) is 5.92 Å². The third-order valence-corrected chi connectivity index (χ3v) is 3.49. The van der Waals surface area contributed by atoms with E-state index in [0.29, 0.717) is 11.1 Å². The van der Waals surface area contributed by atoms with Crippen molar-refractivity contribution in [3.63, 3.8) is 0 Å². The summed E-state index contributed by atoms with van der Waals surface area (Å²) >= 11 is 5.87. The van der Waals surface area contributed by atoms with Gasteiger partial charge in [-0.15, -0.1) is 0 Å². The molecular formula is C15H13ClF2O. The Kier molecular flexibility index (Phi) is 4.51. The SMILES string of the molecule is OCC(Cc1cccc(F)c1Cl)c1ccccc1F. The number of halogens is 3. The van der Waals surface area contributed by atoms with Crippen molar-refractivity contribution >= 4 is 11.6 Å². The van der Waals surface area contributed by atoms with Crippen molar-refractivity contribution in [2.24, 2.45) is 0 Å². The maximum Gasteiger partial charge on any atom is 0.142 e. The number of aliphatic hydroxyl groups excluding tert-OH is 1. The normalized spacial score (nSPS) is 12.4. The second-order valence-electron chi connectivity index (χ2n) is 4.32. The van der Waals surface area contributed by atoms with Crippen LogP contribution in [0.5, 0.6) is 0 Å². The van der Waals surface area contributed by atoms with Crippen LogP contribution >= 0.6 is 11.6 Å². The summed E-state index contributed by atoms with van der Waals surface area (Å²) in [5, 5.41) is 9.45. The Morgan fingerprint density at radius 3 is 2.37 bits per heavy atom. The lowest BCUT2D eigenvalue weighted by molar-refractivity contribution is 0.261. The molecule has 1 atom stereocenters. The Hall–Kier alpha value is -1.45. The van der Waals surface area contributed by atoms with Crippen LogP contribution in [0.2, 0.25) is 5.02 Å². The van der Waals surface area contributed by atoms with E-state index >= 15 is 0 Å². The molecule has 1 unspecified atom stereocenters. The molecule has 2 rings (SSSR count). The van der Waals surface area contributed by atoms with Crippen LogP contribution in [-0.2, 0) is 6.42 Å². The lowest BCUT2D eigenvalue weighted by Gasteiger charge is -2.16. The monoisotopic (exact) mass is 282 g/mol. The molecule has 0 aromatic heterocycles. The molecule has 0 fully saturated rings. The molecule has 0 aliphatic rings.